The highest BCUT2D eigenvalue weighted by Crippen LogP contribution is 2.43. The summed E-state index contributed by atoms with van der Waals surface area (Å²) >= 11 is 10.3. The zero-order valence-electron chi connectivity index (χ0n) is 17.1. The van der Waals surface area contributed by atoms with Gasteiger partial charge in [-0.3, -0.25) is 4.79 Å². The molecule has 0 aliphatic heterocycles. The molecule has 0 fully saturated rings. The van der Waals surface area contributed by atoms with Crippen molar-refractivity contribution >= 4 is 58.3 Å². The second-order valence-corrected chi connectivity index (χ2v) is 11.1. The number of carboxylic acid groups (broad SMARTS) is 1. The summed E-state index contributed by atoms with van der Waals surface area (Å²) in [7, 11) is 1.51. The normalized spacial score (nSPS) is 11.9. The molecule has 0 saturated carbocycles. The van der Waals surface area contributed by atoms with E-state index in [4.69, 9.17) is 11.6 Å². The molecule has 1 heterocycles. The van der Waals surface area contributed by atoms with Gasteiger partial charge in [0.1, 0.15) is 17.0 Å². The molecule has 9 heteroatoms. The highest BCUT2D eigenvalue weighted by atomic mass is 35.5. The molecule has 1 amide bonds. The van der Waals surface area contributed by atoms with Gasteiger partial charge in [-0.1, -0.05) is 37.6 Å². The van der Waals surface area contributed by atoms with Crippen molar-refractivity contribution in [2.24, 2.45) is 0 Å². The van der Waals surface area contributed by atoms with Gasteiger partial charge >= 0.3 is 5.97 Å². The number of rotatable bonds is 9. The maximum atomic E-state index is 13.4. The Labute approximate surface area is 194 Å². The smallest absolute Gasteiger partial charge is 0.326 e. The molecular weight excluding hydrogens is 460 g/mol. The average molecular weight is 483 g/mol. The van der Waals surface area contributed by atoms with Crippen molar-refractivity contribution in [2.75, 3.05) is 19.1 Å². The van der Waals surface area contributed by atoms with E-state index < -0.39 is 17.9 Å². The van der Waals surface area contributed by atoms with Crippen LogP contribution in [0, 0.1) is 11.3 Å². The molecule has 0 saturated heterocycles. The summed E-state index contributed by atoms with van der Waals surface area (Å²) in [4.78, 5) is 26.8. The van der Waals surface area contributed by atoms with Crippen molar-refractivity contribution in [1.82, 2.24) is 4.90 Å². The Morgan fingerprint density at radius 1 is 1.30 bits per heavy atom. The summed E-state index contributed by atoms with van der Waals surface area (Å²) in [5.41, 5.74) is 1.68. The lowest BCUT2D eigenvalue weighted by Crippen LogP contribution is -2.42. The van der Waals surface area contributed by atoms with Crippen LogP contribution in [0.1, 0.15) is 35.5 Å². The van der Waals surface area contributed by atoms with Crippen LogP contribution in [0.3, 0.4) is 0 Å². The molecule has 5 nitrogen and oxygen atoms in total. The van der Waals surface area contributed by atoms with Gasteiger partial charge in [0.05, 0.1) is 9.77 Å². The third-order valence-electron chi connectivity index (χ3n) is 4.33. The number of thioether (sulfide) groups is 2. The Kier molecular flexibility index (Phi) is 9.10. The van der Waals surface area contributed by atoms with Gasteiger partial charge in [-0.2, -0.15) is 17.0 Å². The highest BCUT2D eigenvalue weighted by Gasteiger charge is 2.32. The number of hydrogen-bond acceptors (Lipinski definition) is 6. The van der Waals surface area contributed by atoms with Crippen LogP contribution < -0.4 is 0 Å². The van der Waals surface area contributed by atoms with Gasteiger partial charge in [0.2, 0.25) is 0 Å². The van der Waals surface area contributed by atoms with Gasteiger partial charge < -0.3 is 10.0 Å². The fourth-order valence-electron chi connectivity index (χ4n) is 2.87. The fraction of sp³-hybridized carbons (Fsp3) is 0.381. The maximum absolute atomic E-state index is 13.4. The van der Waals surface area contributed by atoms with E-state index in [0.717, 1.165) is 4.21 Å². The molecule has 1 aromatic heterocycles. The Bertz CT molecular complexity index is 952. The van der Waals surface area contributed by atoms with E-state index in [1.165, 1.54) is 46.8 Å². The first kappa shape index (κ1) is 24.6. The van der Waals surface area contributed by atoms with Crippen molar-refractivity contribution in [1.29, 1.82) is 5.26 Å². The summed E-state index contributed by atoms with van der Waals surface area (Å²) in [6.07, 6.45) is 2.24. The highest BCUT2D eigenvalue weighted by molar-refractivity contribution is 8.01. The number of hydrogen-bond donors (Lipinski definition) is 1. The lowest BCUT2D eigenvalue weighted by molar-refractivity contribution is -0.142. The van der Waals surface area contributed by atoms with Gasteiger partial charge in [-0.05, 0) is 36.1 Å². The predicted octanol–water partition coefficient (Wildman–Crippen LogP) is 5.72. The van der Waals surface area contributed by atoms with Crippen LogP contribution in [0.25, 0.3) is 11.1 Å². The van der Waals surface area contributed by atoms with E-state index in [-0.39, 0.29) is 5.25 Å². The molecule has 0 aliphatic rings. The standard InChI is InChI=1S/C21H23ClN2O3S3/c1-12(2)29-21-15(11-23)17(13-5-7-14(22)8-6-13)18(30-21)19(25)24(3)16(20(26)27)9-10-28-4/h5-8,12,16H,9-10H2,1-4H3,(H,26,27)/t16-/m0/s1. The summed E-state index contributed by atoms with van der Waals surface area (Å²) in [5, 5.41) is 20.3. The predicted molar refractivity (Wildman–Crippen MR) is 127 cm³/mol. The number of nitriles is 1. The number of aliphatic carboxylic acids is 1. The summed E-state index contributed by atoms with van der Waals surface area (Å²) in [6.45, 7) is 4.04. The minimum absolute atomic E-state index is 0.225. The van der Waals surface area contributed by atoms with E-state index in [9.17, 15) is 20.0 Å². The third-order valence-corrected chi connectivity index (χ3v) is 7.62. The van der Waals surface area contributed by atoms with Crippen LogP contribution in [-0.4, -0.2) is 52.2 Å². The lowest BCUT2D eigenvalue weighted by Gasteiger charge is -2.24. The average Bonchev–Trinajstić information content (AvgIpc) is 3.05. The fourth-order valence-corrected chi connectivity index (χ4v) is 6.15. The first-order chi connectivity index (χ1) is 14.2. The number of carboxylic acids is 1. The van der Waals surface area contributed by atoms with Crippen molar-refractivity contribution in [2.45, 2.75) is 35.8 Å². The number of thiophene rings is 1. The number of carbonyl (C=O) groups excluding carboxylic acids is 1. The third kappa shape index (κ3) is 5.73. The Balaban J connectivity index is 2.60. The minimum atomic E-state index is -1.04. The summed E-state index contributed by atoms with van der Waals surface area (Å²) in [6, 6.07) is 8.28. The van der Waals surface area contributed by atoms with E-state index in [1.54, 1.807) is 24.3 Å². The molecule has 0 unspecified atom stereocenters. The molecule has 0 radical (unpaired) electrons. The van der Waals surface area contributed by atoms with Crippen LogP contribution in [0.15, 0.2) is 28.5 Å². The first-order valence-corrected chi connectivity index (χ1v) is 12.7. The topological polar surface area (TPSA) is 81.4 Å². The molecule has 2 aromatic rings. The van der Waals surface area contributed by atoms with Crippen molar-refractivity contribution in [3.8, 4) is 17.2 Å². The molecular formula is C21H23ClN2O3S3. The van der Waals surface area contributed by atoms with Crippen LogP contribution in [-0.2, 0) is 4.79 Å². The summed E-state index contributed by atoms with van der Waals surface area (Å²) in [5.74, 6) is -0.812. The van der Waals surface area contributed by atoms with Crippen molar-refractivity contribution < 1.29 is 14.7 Å². The molecule has 1 atom stereocenters. The number of halogens is 1. The van der Waals surface area contributed by atoms with E-state index in [1.807, 2.05) is 20.1 Å². The Hall–Kier alpha value is -1.66. The van der Waals surface area contributed by atoms with Crippen LogP contribution >= 0.6 is 46.5 Å². The van der Waals surface area contributed by atoms with Crippen LogP contribution in [0.5, 0.6) is 0 Å². The van der Waals surface area contributed by atoms with Gasteiger partial charge in [0, 0.05) is 22.9 Å². The number of likely N-dealkylation sites (N-methyl/N-ethyl adjacent to an activating group) is 1. The van der Waals surface area contributed by atoms with Crippen LogP contribution in [0.4, 0.5) is 0 Å². The van der Waals surface area contributed by atoms with E-state index in [0.29, 0.717) is 38.8 Å². The number of nitrogens with zero attached hydrogens (tertiary/aromatic N) is 2. The van der Waals surface area contributed by atoms with Gasteiger partial charge in [-0.25, -0.2) is 4.79 Å². The largest absolute Gasteiger partial charge is 0.480 e. The molecule has 30 heavy (non-hydrogen) atoms. The lowest BCUT2D eigenvalue weighted by atomic mass is 10.0. The zero-order chi connectivity index (χ0) is 22.4. The molecule has 0 spiro atoms. The zero-order valence-corrected chi connectivity index (χ0v) is 20.3. The van der Waals surface area contributed by atoms with Crippen molar-refractivity contribution in [3.63, 3.8) is 0 Å². The number of amides is 1. The summed E-state index contributed by atoms with van der Waals surface area (Å²) < 4.78 is 0.755. The first-order valence-electron chi connectivity index (χ1n) is 9.19. The second kappa shape index (κ2) is 11.1. The Morgan fingerprint density at radius 2 is 1.93 bits per heavy atom. The van der Waals surface area contributed by atoms with Gasteiger partial charge in [0.25, 0.3) is 5.91 Å². The minimum Gasteiger partial charge on any atom is -0.480 e. The molecule has 1 N–H and O–H groups in total. The SMILES string of the molecule is CSCC[C@@H](C(=O)O)N(C)C(=O)c1sc(SC(C)C)c(C#N)c1-c1ccc(Cl)cc1. The molecule has 160 valence electrons. The molecule has 0 bridgehead atoms. The van der Waals surface area contributed by atoms with Gasteiger partial charge in [-0.15, -0.1) is 23.1 Å². The Morgan fingerprint density at radius 3 is 2.43 bits per heavy atom. The number of benzene rings is 1. The van der Waals surface area contributed by atoms with E-state index in [2.05, 4.69) is 6.07 Å². The van der Waals surface area contributed by atoms with Gasteiger partial charge in [0.15, 0.2) is 0 Å². The molecule has 0 aliphatic carbocycles. The second-order valence-electron chi connectivity index (χ2n) is 6.81. The van der Waals surface area contributed by atoms with E-state index >= 15 is 0 Å². The molecule has 1 aromatic carbocycles. The monoisotopic (exact) mass is 482 g/mol. The number of carbonyl (C=O) groups is 2. The maximum Gasteiger partial charge on any atom is 0.326 e. The van der Waals surface area contributed by atoms with Crippen LogP contribution in [0.2, 0.25) is 5.02 Å². The molecule has 2 rings (SSSR count). The quantitative estimate of drug-likeness (QED) is 0.460. The van der Waals surface area contributed by atoms with Crippen molar-refractivity contribution in [3.05, 3.63) is 39.7 Å².